The lowest BCUT2D eigenvalue weighted by Crippen LogP contribution is -2.06. The van der Waals surface area contributed by atoms with Gasteiger partial charge in [0.1, 0.15) is 5.82 Å². The van der Waals surface area contributed by atoms with Crippen molar-refractivity contribution < 1.29 is 0 Å². The molecular formula is C10H13ClN2. The molecule has 0 amide bonds. The first kappa shape index (κ1) is 8.82. The van der Waals surface area contributed by atoms with Gasteiger partial charge in [0.05, 0.1) is 5.02 Å². The van der Waals surface area contributed by atoms with Crippen LogP contribution >= 0.6 is 11.6 Å². The highest BCUT2D eigenvalue weighted by Crippen LogP contribution is 2.34. The number of pyridine rings is 1. The molecule has 2 atom stereocenters. The lowest BCUT2D eigenvalue weighted by molar-refractivity contribution is 0.923. The van der Waals surface area contributed by atoms with E-state index in [0.29, 0.717) is 6.04 Å². The molecule has 1 aliphatic carbocycles. The van der Waals surface area contributed by atoms with Crippen molar-refractivity contribution in [1.29, 1.82) is 0 Å². The number of rotatable bonds is 2. The number of aromatic nitrogens is 1. The highest BCUT2D eigenvalue weighted by Gasteiger charge is 2.33. The van der Waals surface area contributed by atoms with Crippen molar-refractivity contribution in [3.05, 3.63) is 22.8 Å². The minimum absolute atomic E-state index is 0.576. The number of nitrogens with zero attached hydrogens (tertiary/aromatic N) is 1. The largest absolute Gasteiger partial charge is 0.366 e. The average Bonchev–Trinajstić information content (AvgIpc) is 2.77. The van der Waals surface area contributed by atoms with Crippen LogP contribution in [0, 0.1) is 12.8 Å². The van der Waals surface area contributed by atoms with Gasteiger partial charge in [-0.2, -0.15) is 0 Å². The second-order valence-electron chi connectivity index (χ2n) is 3.75. The van der Waals surface area contributed by atoms with Gasteiger partial charge in [-0.15, -0.1) is 0 Å². The second-order valence-corrected chi connectivity index (χ2v) is 4.13. The zero-order valence-electron chi connectivity index (χ0n) is 7.84. The van der Waals surface area contributed by atoms with Crippen molar-refractivity contribution in [2.75, 3.05) is 5.32 Å². The van der Waals surface area contributed by atoms with Gasteiger partial charge in [-0.05, 0) is 30.9 Å². The van der Waals surface area contributed by atoms with Crippen LogP contribution < -0.4 is 5.32 Å². The number of hydrogen-bond donors (Lipinski definition) is 1. The van der Waals surface area contributed by atoms with E-state index in [1.54, 1.807) is 6.20 Å². The van der Waals surface area contributed by atoms with E-state index in [1.807, 2.05) is 13.0 Å². The first-order valence-corrected chi connectivity index (χ1v) is 4.94. The Labute approximate surface area is 83.3 Å². The van der Waals surface area contributed by atoms with Gasteiger partial charge < -0.3 is 5.32 Å². The van der Waals surface area contributed by atoms with Gasteiger partial charge in [0.15, 0.2) is 0 Å². The molecule has 2 unspecified atom stereocenters. The van der Waals surface area contributed by atoms with E-state index in [1.165, 1.54) is 6.42 Å². The Kier molecular flexibility index (Phi) is 2.16. The molecule has 1 heterocycles. The maximum absolute atomic E-state index is 6.09. The van der Waals surface area contributed by atoms with Crippen molar-refractivity contribution in [3.8, 4) is 0 Å². The standard InChI is InChI=1S/C10H13ClN2/c1-6-3-4-12-10(9(6)11)13-8-5-7(8)2/h3-4,7-8H,5H2,1-2H3,(H,12,13). The van der Waals surface area contributed by atoms with Crippen LogP contribution in [0.1, 0.15) is 18.9 Å². The summed E-state index contributed by atoms with van der Waals surface area (Å²) in [5, 5.41) is 4.08. The summed E-state index contributed by atoms with van der Waals surface area (Å²) < 4.78 is 0. The Morgan fingerprint density at radius 3 is 2.92 bits per heavy atom. The predicted molar refractivity (Wildman–Crippen MR) is 55.2 cm³/mol. The smallest absolute Gasteiger partial charge is 0.145 e. The van der Waals surface area contributed by atoms with E-state index in [0.717, 1.165) is 22.3 Å². The zero-order chi connectivity index (χ0) is 9.42. The molecule has 0 aliphatic heterocycles. The topological polar surface area (TPSA) is 24.9 Å². The zero-order valence-corrected chi connectivity index (χ0v) is 8.60. The molecule has 1 fully saturated rings. The van der Waals surface area contributed by atoms with Crippen LogP contribution in [0.2, 0.25) is 5.02 Å². The van der Waals surface area contributed by atoms with Gasteiger partial charge in [0.2, 0.25) is 0 Å². The fourth-order valence-electron chi connectivity index (χ4n) is 1.34. The van der Waals surface area contributed by atoms with E-state index in [-0.39, 0.29) is 0 Å². The summed E-state index contributed by atoms with van der Waals surface area (Å²) in [7, 11) is 0. The van der Waals surface area contributed by atoms with Crippen molar-refractivity contribution in [1.82, 2.24) is 4.98 Å². The minimum Gasteiger partial charge on any atom is -0.366 e. The molecule has 0 saturated heterocycles. The van der Waals surface area contributed by atoms with Gasteiger partial charge in [-0.25, -0.2) is 4.98 Å². The lowest BCUT2D eigenvalue weighted by Gasteiger charge is -2.07. The first-order valence-electron chi connectivity index (χ1n) is 4.56. The van der Waals surface area contributed by atoms with Crippen LogP contribution in [-0.2, 0) is 0 Å². The summed E-state index contributed by atoms with van der Waals surface area (Å²) in [6.07, 6.45) is 3.02. The molecule has 1 N–H and O–H groups in total. The van der Waals surface area contributed by atoms with Crippen molar-refractivity contribution in [2.45, 2.75) is 26.3 Å². The van der Waals surface area contributed by atoms with Crippen LogP contribution in [0.15, 0.2) is 12.3 Å². The van der Waals surface area contributed by atoms with Crippen molar-refractivity contribution in [2.24, 2.45) is 5.92 Å². The number of anilines is 1. The number of hydrogen-bond acceptors (Lipinski definition) is 2. The summed E-state index contributed by atoms with van der Waals surface area (Å²) in [5.74, 6) is 1.59. The molecule has 13 heavy (non-hydrogen) atoms. The van der Waals surface area contributed by atoms with Gasteiger partial charge in [0.25, 0.3) is 0 Å². The van der Waals surface area contributed by atoms with Crippen LogP contribution in [-0.4, -0.2) is 11.0 Å². The van der Waals surface area contributed by atoms with Crippen molar-refractivity contribution in [3.63, 3.8) is 0 Å². The fraction of sp³-hybridized carbons (Fsp3) is 0.500. The third-order valence-corrected chi connectivity index (χ3v) is 2.99. The first-order chi connectivity index (χ1) is 6.18. The molecule has 1 saturated carbocycles. The van der Waals surface area contributed by atoms with Crippen LogP contribution in [0.25, 0.3) is 0 Å². The van der Waals surface area contributed by atoms with Gasteiger partial charge in [0, 0.05) is 12.2 Å². The number of aryl methyl sites for hydroxylation is 1. The van der Waals surface area contributed by atoms with Gasteiger partial charge >= 0.3 is 0 Å². The Balaban J connectivity index is 2.15. The minimum atomic E-state index is 0.576. The second kappa shape index (κ2) is 3.18. The molecule has 1 aromatic rings. The maximum atomic E-state index is 6.09. The van der Waals surface area contributed by atoms with E-state index in [2.05, 4.69) is 17.2 Å². The molecular weight excluding hydrogens is 184 g/mol. The average molecular weight is 197 g/mol. The maximum Gasteiger partial charge on any atom is 0.145 e. The molecule has 2 nitrogen and oxygen atoms in total. The number of nitrogens with one attached hydrogen (secondary N) is 1. The van der Waals surface area contributed by atoms with E-state index < -0.39 is 0 Å². The van der Waals surface area contributed by atoms with Gasteiger partial charge in [-0.1, -0.05) is 18.5 Å². The van der Waals surface area contributed by atoms with Crippen molar-refractivity contribution >= 4 is 17.4 Å². The SMILES string of the molecule is Cc1ccnc(NC2CC2C)c1Cl. The molecule has 70 valence electrons. The molecule has 0 spiro atoms. The Morgan fingerprint density at radius 1 is 1.62 bits per heavy atom. The van der Waals surface area contributed by atoms with Crippen LogP contribution in [0.4, 0.5) is 5.82 Å². The highest BCUT2D eigenvalue weighted by atomic mass is 35.5. The quantitative estimate of drug-likeness (QED) is 0.787. The van der Waals surface area contributed by atoms with E-state index >= 15 is 0 Å². The molecule has 1 aromatic heterocycles. The molecule has 3 heteroatoms. The molecule has 2 rings (SSSR count). The van der Waals surface area contributed by atoms with E-state index in [9.17, 15) is 0 Å². The highest BCUT2D eigenvalue weighted by molar-refractivity contribution is 6.33. The normalized spacial score (nSPS) is 25.8. The molecule has 0 aromatic carbocycles. The van der Waals surface area contributed by atoms with E-state index in [4.69, 9.17) is 11.6 Å². The molecule has 0 bridgehead atoms. The Hall–Kier alpha value is -0.760. The Morgan fingerprint density at radius 2 is 2.31 bits per heavy atom. The van der Waals surface area contributed by atoms with Gasteiger partial charge in [-0.3, -0.25) is 0 Å². The molecule has 0 radical (unpaired) electrons. The predicted octanol–water partition coefficient (Wildman–Crippen LogP) is 2.86. The monoisotopic (exact) mass is 196 g/mol. The molecule has 1 aliphatic rings. The summed E-state index contributed by atoms with van der Waals surface area (Å²) in [6, 6.07) is 2.50. The summed E-state index contributed by atoms with van der Waals surface area (Å²) >= 11 is 6.09. The third-order valence-electron chi connectivity index (χ3n) is 2.51. The Bertz CT molecular complexity index is 325. The third kappa shape index (κ3) is 1.78. The summed E-state index contributed by atoms with van der Waals surface area (Å²) in [5.41, 5.74) is 1.08. The summed E-state index contributed by atoms with van der Waals surface area (Å²) in [6.45, 7) is 4.22. The van der Waals surface area contributed by atoms with Crippen LogP contribution in [0.5, 0.6) is 0 Å². The summed E-state index contributed by atoms with van der Waals surface area (Å²) in [4.78, 5) is 4.21. The lowest BCUT2D eigenvalue weighted by atomic mass is 10.3. The fourth-order valence-corrected chi connectivity index (χ4v) is 1.51. The number of halogens is 1. The van der Waals surface area contributed by atoms with Crippen LogP contribution in [0.3, 0.4) is 0 Å².